The zero-order chi connectivity index (χ0) is 14.5. The average molecular weight is 278 g/mol. The first-order valence-electron chi connectivity index (χ1n) is 7.49. The van der Waals surface area contributed by atoms with E-state index in [1.54, 1.807) is 0 Å². The molecule has 0 spiro atoms. The molecule has 6 heteroatoms. The van der Waals surface area contributed by atoms with Gasteiger partial charge < -0.3 is 21.7 Å². The van der Waals surface area contributed by atoms with Crippen molar-refractivity contribution >= 4 is 17.6 Å². The molecule has 0 amide bonds. The molecule has 1 aromatic rings. The highest BCUT2D eigenvalue weighted by Gasteiger charge is 2.25. The number of nitrogens with zero attached hydrogens (tertiary/aromatic N) is 3. The third kappa shape index (κ3) is 3.30. The summed E-state index contributed by atoms with van der Waals surface area (Å²) in [6, 6.07) is 0.510. The minimum atomic E-state index is 0.268. The lowest BCUT2D eigenvalue weighted by molar-refractivity contribution is 0.616. The smallest absolute Gasteiger partial charge is 0.223 e. The van der Waals surface area contributed by atoms with Crippen molar-refractivity contribution in [1.82, 2.24) is 15.3 Å². The zero-order valence-electron chi connectivity index (χ0n) is 12.5. The molecule has 0 aliphatic carbocycles. The number of nitrogens with one attached hydrogen (secondary N) is 1. The Labute approximate surface area is 121 Å². The number of likely N-dealkylation sites (N-methyl/N-ethyl adjacent to an activating group) is 1. The molecule has 2 rings (SSSR count). The lowest BCUT2D eigenvalue weighted by Gasteiger charge is -2.22. The fourth-order valence-electron chi connectivity index (χ4n) is 2.75. The molecule has 0 saturated carbocycles. The van der Waals surface area contributed by atoms with Gasteiger partial charge in [-0.05, 0) is 26.3 Å². The van der Waals surface area contributed by atoms with E-state index in [1.807, 2.05) is 7.05 Å². The minimum absolute atomic E-state index is 0.268. The minimum Gasteiger partial charge on any atom is -0.383 e. The van der Waals surface area contributed by atoms with Crippen molar-refractivity contribution < 1.29 is 0 Å². The van der Waals surface area contributed by atoms with Crippen LogP contribution in [0.5, 0.6) is 0 Å². The number of anilines is 3. The Hall–Kier alpha value is -1.56. The fourth-order valence-corrected chi connectivity index (χ4v) is 2.75. The first-order valence-corrected chi connectivity index (χ1v) is 7.49. The molecule has 20 heavy (non-hydrogen) atoms. The van der Waals surface area contributed by atoms with Crippen LogP contribution in [-0.4, -0.2) is 36.1 Å². The maximum Gasteiger partial charge on any atom is 0.223 e. The number of rotatable bonds is 6. The Bertz CT molecular complexity index is 448. The van der Waals surface area contributed by atoms with E-state index in [-0.39, 0.29) is 5.95 Å². The summed E-state index contributed by atoms with van der Waals surface area (Å²) in [5.74, 6) is 1.74. The van der Waals surface area contributed by atoms with Crippen molar-refractivity contribution in [2.45, 2.75) is 45.1 Å². The Balaban J connectivity index is 2.21. The van der Waals surface area contributed by atoms with Gasteiger partial charge in [0.15, 0.2) is 0 Å². The molecule has 0 bridgehead atoms. The van der Waals surface area contributed by atoms with Crippen molar-refractivity contribution in [3.05, 3.63) is 5.56 Å². The van der Waals surface area contributed by atoms with Crippen LogP contribution in [0.4, 0.5) is 17.6 Å². The van der Waals surface area contributed by atoms with E-state index < -0.39 is 0 Å². The predicted molar refractivity (Wildman–Crippen MR) is 83.8 cm³/mol. The highest BCUT2D eigenvalue weighted by Crippen LogP contribution is 2.28. The molecule has 112 valence electrons. The first-order chi connectivity index (χ1) is 9.65. The van der Waals surface area contributed by atoms with Gasteiger partial charge in [-0.1, -0.05) is 19.8 Å². The normalized spacial score (nSPS) is 18.7. The average Bonchev–Trinajstić information content (AvgIpc) is 2.89. The van der Waals surface area contributed by atoms with E-state index in [0.29, 0.717) is 11.9 Å². The Morgan fingerprint density at radius 1 is 1.30 bits per heavy atom. The van der Waals surface area contributed by atoms with Gasteiger partial charge in [0.25, 0.3) is 0 Å². The Morgan fingerprint density at radius 3 is 2.75 bits per heavy atom. The van der Waals surface area contributed by atoms with Crippen LogP contribution in [0.2, 0.25) is 0 Å². The number of aromatic nitrogens is 2. The van der Waals surface area contributed by atoms with E-state index in [4.69, 9.17) is 11.5 Å². The summed E-state index contributed by atoms with van der Waals surface area (Å²) < 4.78 is 0. The van der Waals surface area contributed by atoms with Crippen LogP contribution < -0.4 is 21.7 Å². The van der Waals surface area contributed by atoms with Crippen molar-refractivity contribution in [3.63, 3.8) is 0 Å². The third-order valence-electron chi connectivity index (χ3n) is 3.96. The molecule has 1 atom stereocenters. The summed E-state index contributed by atoms with van der Waals surface area (Å²) in [6.45, 7) is 4.14. The van der Waals surface area contributed by atoms with Gasteiger partial charge in [-0.3, -0.25) is 0 Å². The molecular weight excluding hydrogens is 252 g/mol. The summed E-state index contributed by atoms with van der Waals surface area (Å²) >= 11 is 0. The van der Waals surface area contributed by atoms with Crippen LogP contribution in [0.3, 0.4) is 0 Å². The predicted octanol–water partition coefficient (Wildman–Crippen LogP) is 1.17. The summed E-state index contributed by atoms with van der Waals surface area (Å²) in [7, 11) is 2.00. The highest BCUT2D eigenvalue weighted by molar-refractivity contribution is 5.60. The van der Waals surface area contributed by atoms with Crippen LogP contribution >= 0.6 is 0 Å². The van der Waals surface area contributed by atoms with Crippen molar-refractivity contribution in [2.75, 3.05) is 36.5 Å². The van der Waals surface area contributed by atoms with Gasteiger partial charge in [0.05, 0.1) is 0 Å². The van der Waals surface area contributed by atoms with Crippen molar-refractivity contribution in [3.8, 4) is 0 Å². The summed E-state index contributed by atoms with van der Waals surface area (Å²) in [6.07, 6.45) is 5.55. The van der Waals surface area contributed by atoms with Crippen LogP contribution in [0.15, 0.2) is 0 Å². The summed E-state index contributed by atoms with van der Waals surface area (Å²) in [4.78, 5) is 10.8. The summed E-state index contributed by atoms with van der Waals surface area (Å²) in [5, 5.41) is 3.32. The molecule has 1 aliphatic rings. The Kier molecular flexibility index (Phi) is 5.00. The molecule has 6 nitrogen and oxygen atoms in total. The van der Waals surface area contributed by atoms with Gasteiger partial charge in [0, 0.05) is 24.7 Å². The largest absolute Gasteiger partial charge is 0.383 e. The molecular formula is C14H26N6. The molecule has 1 fully saturated rings. The van der Waals surface area contributed by atoms with Gasteiger partial charge in [0.2, 0.25) is 5.95 Å². The standard InChI is InChI=1S/C14H26N6/c1-3-4-5-6-11-12(15)18-14(16)19-13(11)20-8-7-10(9-20)17-2/h10,17H,3-9H2,1-2H3,(H4,15,16,18,19)/t10-/m1/s1. The highest BCUT2D eigenvalue weighted by atomic mass is 15.3. The van der Waals surface area contributed by atoms with Gasteiger partial charge in [-0.25, -0.2) is 0 Å². The number of unbranched alkanes of at least 4 members (excludes halogenated alkanes) is 2. The van der Waals surface area contributed by atoms with Crippen molar-refractivity contribution in [2.24, 2.45) is 0 Å². The Morgan fingerprint density at radius 2 is 2.10 bits per heavy atom. The van der Waals surface area contributed by atoms with E-state index in [0.717, 1.165) is 43.7 Å². The van der Waals surface area contributed by atoms with Crippen LogP contribution in [-0.2, 0) is 6.42 Å². The number of hydrogen-bond acceptors (Lipinski definition) is 6. The lowest BCUT2D eigenvalue weighted by Crippen LogP contribution is -2.30. The van der Waals surface area contributed by atoms with Gasteiger partial charge in [-0.15, -0.1) is 0 Å². The summed E-state index contributed by atoms with van der Waals surface area (Å²) in [5.41, 5.74) is 12.9. The molecule has 0 radical (unpaired) electrons. The number of nitrogens with two attached hydrogens (primary N) is 2. The SMILES string of the molecule is CCCCCc1c(N)nc(N)nc1N1CC[C@@H](NC)C1. The first kappa shape index (κ1) is 14.8. The van der Waals surface area contributed by atoms with Crippen LogP contribution in [0.25, 0.3) is 0 Å². The second-order valence-corrected chi connectivity index (χ2v) is 5.45. The third-order valence-corrected chi connectivity index (χ3v) is 3.96. The van der Waals surface area contributed by atoms with E-state index in [9.17, 15) is 0 Å². The second-order valence-electron chi connectivity index (χ2n) is 5.45. The second kappa shape index (κ2) is 6.74. The van der Waals surface area contributed by atoms with E-state index in [1.165, 1.54) is 12.8 Å². The monoisotopic (exact) mass is 278 g/mol. The van der Waals surface area contributed by atoms with Gasteiger partial charge >= 0.3 is 0 Å². The molecule has 0 unspecified atom stereocenters. The van der Waals surface area contributed by atoms with Crippen LogP contribution in [0.1, 0.15) is 38.2 Å². The molecule has 5 N–H and O–H groups in total. The molecule has 1 aliphatic heterocycles. The number of hydrogen-bond donors (Lipinski definition) is 3. The maximum atomic E-state index is 6.07. The zero-order valence-corrected chi connectivity index (χ0v) is 12.5. The number of nitrogen functional groups attached to an aromatic ring is 2. The van der Waals surface area contributed by atoms with E-state index >= 15 is 0 Å². The maximum absolute atomic E-state index is 6.07. The quantitative estimate of drug-likeness (QED) is 0.676. The molecule has 2 heterocycles. The topological polar surface area (TPSA) is 93.1 Å². The van der Waals surface area contributed by atoms with E-state index in [2.05, 4.69) is 27.1 Å². The van der Waals surface area contributed by atoms with Crippen LogP contribution in [0, 0.1) is 0 Å². The fraction of sp³-hybridized carbons (Fsp3) is 0.714. The van der Waals surface area contributed by atoms with Gasteiger partial charge in [0.1, 0.15) is 11.6 Å². The lowest BCUT2D eigenvalue weighted by atomic mass is 10.1. The van der Waals surface area contributed by atoms with Gasteiger partial charge in [-0.2, -0.15) is 9.97 Å². The molecule has 1 saturated heterocycles. The molecule has 0 aromatic carbocycles. The van der Waals surface area contributed by atoms with Crippen molar-refractivity contribution in [1.29, 1.82) is 0 Å². The molecule has 1 aromatic heterocycles.